The molecule has 2 rings (SSSR count). The summed E-state index contributed by atoms with van der Waals surface area (Å²) in [5, 5.41) is 4.07. The molecule has 0 saturated carbocycles. The lowest BCUT2D eigenvalue weighted by Gasteiger charge is -2.07. The van der Waals surface area contributed by atoms with Gasteiger partial charge in [-0.3, -0.25) is 9.20 Å². The highest BCUT2D eigenvalue weighted by atomic mass is 32.2. The first-order valence-electron chi connectivity index (χ1n) is 5.68. The Morgan fingerprint density at radius 1 is 1.55 bits per heavy atom. The number of nitrogens with zero attached hydrogens (tertiary/aromatic N) is 2. The van der Waals surface area contributed by atoms with Crippen LogP contribution < -0.4 is 21.3 Å². The van der Waals surface area contributed by atoms with Gasteiger partial charge in [-0.1, -0.05) is 0 Å². The van der Waals surface area contributed by atoms with Crippen molar-refractivity contribution in [1.29, 1.82) is 0 Å². The molecular formula is C9H14N6O3S2. The number of aromatic nitrogens is 2. The van der Waals surface area contributed by atoms with Gasteiger partial charge in [0.1, 0.15) is 0 Å². The predicted molar refractivity (Wildman–Crippen MR) is 74.8 cm³/mol. The van der Waals surface area contributed by atoms with Crippen LogP contribution in [-0.4, -0.2) is 36.8 Å². The summed E-state index contributed by atoms with van der Waals surface area (Å²) in [5.41, 5.74) is 2.25. The smallest absolute Gasteiger partial charge is 0.260 e. The Bertz CT molecular complexity index is 719. The molecule has 9 nitrogen and oxygen atoms in total. The first-order valence-corrected chi connectivity index (χ1v) is 8.04. The highest BCUT2D eigenvalue weighted by Gasteiger charge is 2.26. The molecule has 1 amide bonds. The van der Waals surface area contributed by atoms with Gasteiger partial charge in [0, 0.05) is 18.1 Å². The molecule has 0 atom stereocenters. The van der Waals surface area contributed by atoms with E-state index in [-0.39, 0.29) is 17.4 Å². The molecule has 0 aliphatic carbocycles. The molecule has 0 saturated heterocycles. The largest absolute Gasteiger partial charge is 0.355 e. The minimum absolute atomic E-state index is 0.0280. The fourth-order valence-corrected chi connectivity index (χ4v) is 3.60. The Hall–Kier alpha value is -1.69. The Balaban J connectivity index is 2.31. The number of likely N-dealkylation sites (N-methyl/N-ethyl adjacent to an activating group) is 1. The van der Waals surface area contributed by atoms with Crippen LogP contribution in [0.2, 0.25) is 0 Å². The maximum atomic E-state index is 12.3. The molecule has 20 heavy (non-hydrogen) atoms. The summed E-state index contributed by atoms with van der Waals surface area (Å²) in [6.07, 6.45) is 1.56. The Labute approximate surface area is 119 Å². The van der Waals surface area contributed by atoms with Crippen LogP contribution >= 0.6 is 11.3 Å². The number of carbonyl (C=O) groups excluding carboxylic acids is 1. The number of thiazole rings is 1. The molecule has 0 radical (unpaired) electrons. The van der Waals surface area contributed by atoms with Crippen LogP contribution in [0.5, 0.6) is 0 Å². The van der Waals surface area contributed by atoms with Crippen LogP contribution in [-0.2, 0) is 14.8 Å². The number of sulfonamides is 1. The van der Waals surface area contributed by atoms with Gasteiger partial charge in [-0.15, -0.1) is 11.3 Å². The van der Waals surface area contributed by atoms with E-state index in [9.17, 15) is 13.2 Å². The van der Waals surface area contributed by atoms with Gasteiger partial charge in [-0.25, -0.2) is 19.0 Å². The number of nitrogens with two attached hydrogens (primary N) is 1. The molecule has 0 bridgehead atoms. The molecule has 0 aromatic carbocycles. The maximum absolute atomic E-state index is 12.3. The second-order valence-corrected chi connectivity index (χ2v) is 6.30. The van der Waals surface area contributed by atoms with Gasteiger partial charge in [0.05, 0.1) is 6.54 Å². The molecule has 2 aromatic rings. The quantitative estimate of drug-likeness (QED) is 0.403. The average Bonchev–Trinajstić information content (AvgIpc) is 2.96. The summed E-state index contributed by atoms with van der Waals surface area (Å²) in [4.78, 5) is 15.9. The zero-order valence-electron chi connectivity index (χ0n) is 10.6. The number of fused-ring (bicyclic) bond motifs is 1. The molecule has 0 unspecified atom stereocenters. The third kappa shape index (κ3) is 2.75. The summed E-state index contributed by atoms with van der Waals surface area (Å²) in [7, 11) is -3.92. The van der Waals surface area contributed by atoms with Crippen LogP contribution in [0.15, 0.2) is 16.6 Å². The van der Waals surface area contributed by atoms with Crippen molar-refractivity contribution >= 4 is 38.0 Å². The molecule has 110 valence electrons. The highest BCUT2D eigenvalue weighted by molar-refractivity contribution is 7.89. The SMILES string of the molecule is CCNC(=O)CNS(=O)(=O)c1c(NN)nc2sccn12. The molecule has 11 heteroatoms. The fraction of sp³-hybridized carbons (Fsp3) is 0.333. The predicted octanol–water partition coefficient (Wildman–Crippen LogP) is -0.904. The van der Waals surface area contributed by atoms with Crippen molar-refractivity contribution in [3.8, 4) is 0 Å². The molecule has 2 heterocycles. The van der Waals surface area contributed by atoms with Crippen LogP contribution in [0.1, 0.15) is 6.92 Å². The topological polar surface area (TPSA) is 131 Å². The molecule has 0 aliphatic heterocycles. The molecular weight excluding hydrogens is 304 g/mol. The number of hydrogen-bond donors (Lipinski definition) is 4. The number of nitrogen functional groups attached to an aromatic ring is 1. The lowest BCUT2D eigenvalue weighted by atomic mass is 10.6. The van der Waals surface area contributed by atoms with E-state index in [1.807, 2.05) is 0 Å². The van der Waals surface area contributed by atoms with E-state index in [0.717, 1.165) is 0 Å². The van der Waals surface area contributed by atoms with Crippen molar-refractivity contribution in [1.82, 2.24) is 19.4 Å². The normalized spacial score (nSPS) is 11.7. The summed E-state index contributed by atoms with van der Waals surface area (Å²) >= 11 is 1.27. The van der Waals surface area contributed by atoms with Gasteiger partial charge in [-0.2, -0.15) is 4.98 Å². The fourth-order valence-electron chi connectivity index (χ4n) is 1.60. The van der Waals surface area contributed by atoms with Crippen molar-refractivity contribution in [2.45, 2.75) is 11.9 Å². The number of carbonyl (C=O) groups is 1. The minimum Gasteiger partial charge on any atom is -0.355 e. The number of anilines is 1. The molecule has 0 aliphatic rings. The van der Waals surface area contributed by atoms with Gasteiger partial charge in [-0.05, 0) is 6.92 Å². The van der Waals surface area contributed by atoms with Crippen molar-refractivity contribution in [3.63, 3.8) is 0 Å². The highest BCUT2D eigenvalue weighted by Crippen LogP contribution is 2.24. The first kappa shape index (κ1) is 14.7. The van der Waals surface area contributed by atoms with Crippen LogP contribution in [0.25, 0.3) is 4.96 Å². The summed E-state index contributed by atoms with van der Waals surface area (Å²) in [6.45, 7) is 1.82. The number of imidazole rings is 1. The Kier molecular flexibility index (Phi) is 4.23. The Morgan fingerprint density at radius 2 is 2.30 bits per heavy atom. The Morgan fingerprint density at radius 3 is 2.95 bits per heavy atom. The van der Waals surface area contributed by atoms with E-state index < -0.39 is 15.9 Å². The van der Waals surface area contributed by atoms with Gasteiger partial charge >= 0.3 is 0 Å². The number of nitrogens with one attached hydrogen (secondary N) is 3. The lowest BCUT2D eigenvalue weighted by Crippen LogP contribution is -2.37. The van der Waals surface area contributed by atoms with Gasteiger partial charge in [0.2, 0.25) is 10.9 Å². The molecule has 5 N–H and O–H groups in total. The van der Waals surface area contributed by atoms with Crippen LogP contribution in [0.3, 0.4) is 0 Å². The number of amides is 1. The molecule has 0 fully saturated rings. The second kappa shape index (κ2) is 5.75. The van der Waals surface area contributed by atoms with E-state index in [2.05, 4.69) is 20.4 Å². The second-order valence-electron chi connectivity index (χ2n) is 3.74. The van der Waals surface area contributed by atoms with Gasteiger partial charge < -0.3 is 10.7 Å². The first-order chi connectivity index (χ1) is 9.49. The van der Waals surface area contributed by atoms with Crippen molar-refractivity contribution < 1.29 is 13.2 Å². The summed E-state index contributed by atoms with van der Waals surface area (Å²) in [6, 6.07) is 0. The van der Waals surface area contributed by atoms with E-state index in [0.29, 0.717) is 11.5 Å². The molecule has 2 aromatic heterocycles. The maximum Gasteiger partial charge on any atom is 0.260 e. The third-order valence-corrected chi connectivity index (χ3v) is 4.59. The lowest BCUT2D eigenvalue weighted by molar-refractivity contribution is -0.119. The third-order valence-electron chi connectivity index (χ3n) is 2.41. The summed E-state index contributed by atoms with van der Waals surface area (Å²) in [5.74, 6) is 4.90. The van der Waals surface area contributed by atoms with Crippen LogP contribution in [0, 0.1) is 0 Å². The monoisotopic (exact) mass is 318 g/mol. The van der Waals surface area contributed by atoms with E-state index in [1.54, 1.807) is 18.5 Å². The number of rotatable bonds is 6. The number of hydrogen-bond acceptors (Lipinski definition) is 7. The minimum atomic E-state index is -3.92. The zero-order valence-corrected chi connectivity index (χ0v) is 12.2. The van der Waals surface area contributed by atoms with Crippen molar-refractivity contribution in [3.05, 3.63) is 11.6 Å². The number of hydrazine groups is 1. The van der Waals surface area contributed by atoms with Crippen molar-refractivity contribution in [2.24, 2.45) is 5.84 Å². The van der Waals surface area contributed by atoms with Gasteiger partial charge in [0.25, 0.3) is 10.0 Å². The van der Waals surface area contributed by atoms with Gasteiger partial charge in [0.15, 0.2) is 10.8 Å². The standard InChI is InChI=1S/C9H14N6O3S2/c1-2-11-6(16)5-12-20(17,18)8-7(14-10)13-9-15(8)3-4-19-9/h3-4,12,14H,2,5,10H2,1H3,(H,11,16). The van der Waals surface area contributed by atoms with Crippen molar-refractivity contribution in [2.75, 3.05) is 18.5 Å². The van der Waals surface area contributed by atoms with E-state index in [1.165, 1.54) is 15.7 Å². The zero-order chi connectivity index (χ0) is 14.8. The van der Waals surface area contributed by atoms with Crippen LogP contribution in [0.4, 0.5) is 5.82 Å². The molecule has 0 spiro atoms. The summed E-state index contributed by atoms with van der Waals surface area (Å²) < 4.78 is 28.1. The average molecular weight is 318 g/mol. The van der Waals surface area contributed by atoms with E-state index >= 15 is 0 Å². The van der Waals surface area contributed by atoms with E-state index in [4.69, 9.17) is 5.84 Å².